The molecule has 34 heavy (non-hydrogen) atoms. The van der Waals surface area contributed by atoms with Crippen LogP contribution in [0.4, 0.5) is 11.4 Å². The normalized spacial score (nSPS) is 24.0. The van der Waals surface area contributed by atoms with Crippen LogP contribution >= 0.6 is 0 Å². The van der Waals surface area contributed by atoms with E-state index in [4.69, 9.17) is 9.94 Å². The van der Waals surface area contributed by atoms with Gasteiger partial charge in [-0.25, -0.2) is 5.48 Å². The molecule has 1 aromatic carbocycles. The number of ketones is 1. The fourth-order valence-corrected chi connectivity index (χ4v) is 5.68. The Balaban J connectivity index is 1.52. The molecular weight excluding hydrogens is 434 g/mol. The smallest absolute Gasteiger partial charge is 0.244 e. The molecule has 8 heteroatoms. The number of carbonyl (C=O) groups is 3. The Morgan fingerprint density at radius 2 is 1.76 bits per heavy atom. The highest BCUT2D eigenvalue weighted by molar-refractivity contribution is 6.13. The zero-order chi connectivity index (χ0) is 24.2. The van der Waals surface area contributed by atoms with Gasteiger partial charge in [0.2, 0.25) is 11.8 Å². The number of hydrogen-bond acceptors (Lipinski definition) is 6. The van der Waals surface area contributed by atoms with Crippen LogP contribution in [0, 0.1) is 16.7 Å². The van der Waals surface area contributed by atoms with E-state index in [0.717, 1.165) is 50.9 Å². The fourth-order valence-electron chi connectivity index (χ4n) is 5.68. The summed E-state index contributed by atoms with van der Waals surface area (Å²) >= 11 is 0. The van der Waals surface area contributed by atoms with Crippen LogP contribution in [0.25, 0.3) is 0 Å². The second-order valence-electron chi connectivity index (χ2n) is 10.3. The maximum absolute atomic E-state index is 13.9. The number of morpholine rings is 1. The molecule has 1 aromatic rings. The molecule has 186 valence electrons. The zero-order valence-electron chi connectivity index (χ0n) is 20.1. The monoisotopic (exact) mass is 471 g/mol. The molecule has 1 saturated heterocycles. The molecule has 3 N–H and O–H groups in total. The first kappa shape index (κ1) is 24.7. The van der Waals surface area contributed by atoms with Crippen LogP contribution < -0.4 is 15.7 Å². The van der Waals surface area contributed by atoms with Crippen LogP contribution in [0.1, 0.15) is 64.7 Å². The molecule has 2 aliphatic carbocycles. The van der Waals surface area contributed by atoms with E-state index in [9.17, 15) is 14.4 Å². The molecule has 3 aliphatic rings. The number of rotatable bonds is 10. The lowest BCUT2D eigenvalue weighted by molar-refractivity contribution is -0.144. The lowest BCUT2D eigenvalue weighted by Gasteiger charge is -2.31. The minimum Gasteiger partial charge on any atom is -0.378 e. The number of nitrogens with zero attached hydrogens (tertiary/aromatic N) is 1. The summed E-state index contributed by atoms with van der Waals surface area (Å²) in [7, 11) is 0. The summed E-state index contributed by atoms with van der Waals surface area (Å²) in [6.45, 7) is 5.13. The van der Waals surface area contributed by atoms with E-state index in [1.54, 1.807) is 5.48 Å². The van der Waals surface area contributed by atoms with Crippen molar-refractivity contribution >= 4 is 29.0 Å². The van der Waals surface area contributed by atoms with Crippen molar-refractivity contribution in [3.63, 3.8) is 0 Å². The molecule has 4 rings (SSSR count). The summed E-state index contributed by atoms with van der Waals surface area (Å²) in [5.74, 6) is -1.56. The van der Waals surface area contributed by atoms with Gasteiger partial charge >= 0.3 is 0 Å². The zero-order valence-corrected chi connectivity index (χ0v) is 20.1. The van der Waals surface area contributed by atoms with Gasteiger partial charge in [-0.3, -0.25) is 19.6 Å². The van der Waals surface area contributed by atoms with Gasteiger partial charge in [0.05, 0.1) is 13.2 Å². The van der Waals surface area contributed by atoms with Gasteiger partial charge in [-0.1, -0.05) is 19.8 Å². The van der Waals surface area contributed by atoms with Gasteiger partial charge < -0.3 is 15.0 Å². The first-order valence-electron chi connectivity index (χ1n) is 12.6. The lowest BCUT2D eigenvalue weighted by atomic mass is 9.72. The molecule has 1 heterocycles. The van der Waals surface area contributed by atoms with E-state index in [2.05, 4.69) is 10.2 Å². The van der Waals surface area contributed by atoms with Crippen LogP contribution in [0.5, 0.6) is 0 Å². The Kier molecular flexibility index (Phi) is 7.57. The first-order chi connectivity index (χ1) is 16.4. The highest BCUT2D eigenvalue weighted by Gasteiger charge is 2.61. The molecule has 3 fully saturated rings. The third-order valence-corrected chi connectivity index (χ3v) is 7.96. The van der Waals surface area contributed by atoms with E-state index in [1.165, 1.54) is 0 Å². The highest BCUT2D eigenvalue weighted by atomic mass is 16.5. The van der Waals surface area contributed by atoms with Gasteiger partial charge in [0, 0.05) is 36.8 Å². The number of benzene rings is 1. The Morgan fingerprint density at radius 3 is 2.35 bits per heavy atom. The van der Waals surface area contributed by atoms with Crippen molar-refractivity contribution in [3.8, 4) is 0 Å². The molecular formula is C26H37N3O5. The lowest BCUT2D eigenvalue weighted by Crippen LogP contribution is -2.45. The predicted octanol–water partition coefficient (Wildman–Crippen LogP) is 3.68. The van der Waals surface area contributed by atoms with Crippen LogP contribution in [-0.2, 0) is 19.1 Å². The maximum atomic E-state index is 13.9. The first-order valence-corrected chi connectivity index (χ1v) is 12.6. The van der Waals surface area contributed by atoms with E-state index < -0.39 is 17.2 Å². The number of anilines is 2. The van der Waals surface area contributed by atoms with Gasteiger partial charge in [-0.15, -0.1) is 0 Å². The van der Waals surface area contributed by atoms with Gasteiger partial charge in [0.1, 0.15) is 5.41 Å². The van der Waals surface area contributed by atoms with Crippen molar-refractivity contribution in [2.75, 3.05) is 36.5 Å². The number of ether oxygens (including phenoxy) is 1. The molecule has 1 spiro atoms. The maximum Gasteiger partial charge on any atom is 0.244 e. The molecule has 2 unspecified atom stereocenters. The molecule has 0 aromatic heterocycles. The third-order valence-electron chi connectivity index (χ3n) is 7.96. The summed E-state index contributed by atoms with van der Waals surface area (Å²) in [5, 5.41) is 12.1. The summed E-state index contributed by atoms with van der Waals surface area (Å²) in [4.78, 5) is 41.8. The van der Waals surface area contributed by atoms with E-state index in [1.807, 2.05) is 31.2 Å². The third kappa shape index (κ3) is 5.28. The molecule has 2 saturated carbocycles. The molecule has 2 amide bonds. The van der Waals surface area contributed by atoms with Gasteiger partial charge in [-0.05, 0) is 68.2 Å². The highest BCUT2D eigenvalue weighted by Crippen LogP contribution is 2.64. The van der Waals surface area contributed by atoms with E-state index >= 15 is 0 Å². The average molecular weight is 472 g/mol. The number of Topliss-reactive ketones (excluding diaryl/α,β-unsaturated/α-hetero) is 1. The van der Waals surface area contributed by atoms with Crippen molar-refractivity contribution in [1.82, 2.24) is 5.48 Å². The van der Waals surface area contributed by atoms with Crippen LogP contribution in [-0.4, -0.2) is 49.1 Å². The molecule has 0 bridgehead atoms. The predicted molar refractivity (Wildman–Crippen MR) is 129 cm³/mol. The van der Waals surface area contributed by atoms with Crippen LogP contribution in [0.2, 0.25) is 0 Å². The minimum atomic E-state index is -1.12. The number of amides is 2. The van der Waals surface area contributed by atoms with Crippen LogP contribution in [0.3, 0.4) is 0 Å². The molecule has 1 aliphatic heterocycles. The van der Waals surface area contributed by atoms with Crippen molar-refractivity contribution in [1.29, 1.82) is 0 Å². The van der Waals surface area contributed by atoms with E-state index in [-0.39, 0.29) is 23.5 Å². The van der Waals surface area contributed by atoms with Crippen molar-refractivity contribution in [2.45, 2.75) is 64.7 Å². The Labute approximate surface area is 201 Å². The fraction of sp³-hybridized carbons (Fsp3) is 0.654. The molecule has 0 radical (unpaired) electrons. The van der Waals surface area contributed by atoms with Gasteiger partial charge in [0.15, 0.2) is 5.78 Å². The summed E-state index contributed by atoms with van der Waals surface area (Å²) in [6.07, 6.45) is 6.19. The Bertz CT molecular complexity index is 892. The van der Waals surface area contributed by atoms with Gasteiger partial charge in [0.25, 0.3) is 0 Å². The summed E-state index contributed by atoms with van der Waals surface area (Å²) in [6, 6.07) is 7.75. The number of unbranched alkanes of at least 4 members (excludes halogenated alkanes) is 1. The van der Waals surface area contributed by atoms with Crippen molar-refractivity contribution in [2.24, 2.45) is 16.7 Å². The SMILES string of the molecule is CCCCC(CC(=O)NO)C(=O)C1(C(=O)Nc2ccc(N3CCOCC3)cc2)CCC2(CC2)C1. The average Bonchev–Trinajstić information content (AvgIpc) is 3.51. The largest absolute Gasteiger partial charge is 0.378 e. The number of carbonyl (C=O) groups excluding carboxylic acids is 3. The number of nitrogens with one attached hydrogen (secondary N) is 2. The van der Waals surface area contributed by atoms with Gasteiger partial charge in [-0.2, -0.15) is 0 Å². The standard InChI is InChI=1S/C26H37N3O5/c1-2-3-4-19(17-22(30)28-33)23(31)26(12-11-25(18-26)9-10-25)24(32)27-20-5-7-21(8-6-20)29-13-15-34-16-14-29/h5-8,19,33H,2-4,9-18H2,1H3,(H,27,32)(H,28,30). The topological polar surface area (TPSA) is 108 Å². The molecule has 8 nitrogen and oxygen atoms in total. The Morgan fingerprint density at radius 1 is 1.09 bits per heavy atom. The summed E-state index contributed by atoms with van der Waals surface area (Å²) in [5.41, 5.74) is 2.39. The number of hydroxylamine groups is 1. The van der Waals surface area contributed by atoms with Crippen LogP contribution in [0.15, 0.2) is 24.3 Å². The summed E-state index contributed by atoms with van der Waals surface area (Å²) < 4.78 is 5.42. The Hall–Kier alpha value is -2.45. The second kappa shape index (κ2) is 10.4. The van der Waals surface area contributed by atoms with Crippen molar-refractivity contribution in [3.05, 3.63) is 24.3 Å². The minimum absolute atomic E-state index is 0.0917. The molecule has 2 atom stereocenters. The number of hydrogen-bond donors (Lipinski definition) is 3. The van der Waals surface area contributed by atoms with E-state index in [0.29, 0.717) is 38.2 Å². The van der Waals surface area contributed by atoms with Crippen molar-refractivity contribution < 1.29 is 24.3 Å². The quantitative estimate of drug-likeness (QED) is 0.273. The second-order valence-corrected chi connectivity index (χ2v) is 10.3.